The molecule has 0 aliphatic carbocycles. The zero-order chi connectivity index (χ0) is 30.9. The lowest BCUT2D eigenvalue weighted by molar-refractivity contribution is -0.149. The fourth-order valence-electron chi connectivity index (χ4n) is 4.52. The van der Waals surface area contributed by atoms with E-state index >= 15 is 0 Å². The summed E-state index contributed by atoms with van der Waals surface area (Å²) in [5, 5.41) is 13.3. The maximum atomic E-state index is 13.5. The van der Waals surface area contributed by atoms with Crippen LogP contribution in [0.15, 0.2) is 108 Å². The average Bonchev–Trinajstić information content (AvgIpc) is 3.52. The summed E-state index contributed by atoms with van der Waals surface area (Å²) >= 11 is 0. The molecular formula is C32H32N6O5S. The molecule has 2 aromatic heterocycles. The van der Waals surface area contributed by atoms with Crippen LogP contribution >= 0.6 is 0 Å². The third-order valence-electron chi connectivity index (χ3n) is 6.81. The molecule has 12 heteroatoms. The van der Waals surface area contributed by atoms with E-state index in [1.165, 1.54) is 12.1 Å². The number of aromatic nitrogens is 3. The number of esters is 1. The highest BCUT2D eigenvalue weighted by Gasteiger charge is 2.30. The third kappa shape index (κ3) is 7.65. The number of ether oxygens (including phenoxy) is 1. The number of hydrogen-bond acceptors (Lipinski definition) is 8. The van der Waals surface area contributed by atoms with Crippen LogP contribution in [-0.4, -0.2) is 54.3 Å². The van der Waals surface area contributed by atoms with Crippen molar-refractivity contribution in [2.45, 2.75) is 36.9 Å². The topological polar surface area (TPSA) is 155 Å². The molecule has 0 aliphatic heterocycles. The van der Waals surface area contributed by atoms with Gasteiger partial charge in [-0.25, -0.2) is 13.4 Å². The smallest absolute Gasteiger partial charge is 0.327 e. The Morgan fingerprint density at radius 1 is 0.932 bits per heavy atom. The van der Waals surface area contributed by atoms with Gasteiger partial charge in [0.25, 0.3) is 5.91 Å². The van der Waals surface area contributed by atoms with E-state index in [0.717, 1.165) is 16.5 Å². The zero-order valence-corrected chi connectivity index (χ0v) is 24.8. The number of nitrogens with one attached hydrogen (secondary N) is 4. The molecule has 0 fully saturated rings. The summed E-state index contributed by atoms with van der Waals surface area (Å²) in [5.74, 6) is -0.861. The SMILES string of the molecule is CCCC(Nc1ccccn1)OC(=O)C(CNC(=O)c1ccc2cn[nH]c2c1)NS(=O)(=O)c1ccc(-c2ccccc2)cc1. The standard InChI is InChI=1S/C32H32N6O5S/c1-2-8-30(36-29-11-6-7-18-33-29)43-32(40)28(21-34-31(39)24-12-13-25-20-35-37-27(25)19-24)38-44(41,42)26-16-14-23(15-17-26)22-9-4-3-5-10-22/h3-7,9-20,28,30,38H,2,8,21H2,1H3,(H,33,36)(H,34,39)(H,35,37). The molecule has 0 aliphatic rings. The number of carbonyl (C=O) groups is 2. The number of aromatic amines is 1. The molecule has 226 valence electrons. The fourth-order valence-corrected chi connectivity index (χ4v) is 5.70. The number of H-pyrrole nitrogens is 1. The average molecular weight is 613 g/mol. The molecule has 1 amide bonds. The number of amides is 1. The van der Waals surface area contributed by atoms with Crippen molar-refractivity contribution in [2.75, 3.05) is 11.9 Å². The molecule has 0 bridgehead atoms. The van der Waals surface area contributed by atoms with Crippen LogP contribution in [0.3, 0.4) is 0 Å². The molecule has 0 saturated heterocycles. The Hall–Kier alpha value is -5.07. The molecule has 5 aromatic rings. The highest BCUT2D eigenvalue weighted by molar-refractivity contribution is 7.89. The van der Waals surface area contributed by atoms with E-state index in [9.17, 15) is 18.0 Å². The van der Waals surface area contributed by atoms with E-state index in [2.05, 4.69) is 30.5 Å². The lowest BCUT2D eigenvalue weighted by atomic mass is 10.1. The minimum atomic E-state index is -4.19. The third-order valence-corrected chi connectivity index (χ3v) is 8.30. The number of sulfonamides is 1. The van der Waals surface area contributed by atoms with Crippen LogP contribution in [0, 0.1) is 0 Å². The second-order valence-electron chi connectivity index (χ2n) is 10.0. The van der Waals surface area contributed by atoms with E-state index in [1.54, 1.807) is 60.9 Å². The Balaban J connectivity index is 1.35. The van der Waals surface area contributed by atoms with E-state index in [-0.39, 0.29) is 11.4 Å². The number of fused-ring (bicyclic) bond motifs is 1. The van der Waals surface area contributed by atoms with Crippen LogP contribution in [0.2, 0.25) is 0 Å². The summed E-state index contributed by atoms with van der Waals surface area (Å²) in [6.07, 6.45) is 3.57. The molecule has 4 N–H and O–H groups in total. The van der Waals surface area contributed by atoms with Crippen LogP contribution in [0.1, 0.15) is 30.1 Å². The summed E-state index contributed by atoms with van der Waals surface area (Å²) in [6.45, 7) is 1.57. The first-order valence-corrected chi connectivity index (χ1v) is 15.6. The number of carbonyl (C=O) groups excluding carboxylic acids is 2. The summed E-state index contributed by atoms with van der Waals surface area (Å²) in [6, 6.07) is 24.7. The normalized spacial score (nSPS) is 12.8. The van der Waals surface area contributed by atoms with Crippen molar-refractivity contribution in [1.29, 1.82) is 0 Å². The van der Waals surface area contributed by atoms with Crippen molar-refractivity contribution in [3.8, 4) is 11.1 Å². The van der Waals surface area contributed by atoms with Gasteiger partial charge in [0, 0.05) is 30.1 Å². The van der Waals surface area contributed by atoms with E-state index in [1.807, 2.05) is 37.3 Å². The van der Waals surface area contributed by atoms with Crippen LogP contribution in [0.5, 0.6) is 0 Å². The molecule has 11 nitrogen and oxygen atoms in total. The fraction of sp³-hybridized carbons (Fsp3) is 0.188. The molecule has 2 atom stereocenters. The van der Waals surface area contributed by atoms with Gasteiger partial charge in [0.1, 0.15) is 11.9 Å². The van der Waals surface area contributed by atoms with Gasteiger partial charge in [-0.1, -0.05) is 67.9 Å². The second-order valence-corrected chi connectivity index (χ2v) is 11.7. The maximum absolute atomic E-state index is 13.5. The van der Waals surface area contributed by atoms with Crippen LogP contribution < -0.4 is 15.4 Å². The molecule has 2 heterocycles. The molecule has 5 rings (SSSR count). The number of hydrogen-bond donors (Lipinski definition) is 4. The Bertz CT molecular complexity index is 1810. The number of benzene rings is 3. The van der Waals surface area contributed by atoms with Gasteiger partial charge in [0.15, 0.2) is 6.23 Å². The van der Waals surface area contributed by atoms with Crippen molar-refractivity contribution < 1.29 is 22.7 Å². The summed E-state index contributed by atoms with van der Waals surface area (Å²) in [5.41, 5.74) is 2.75. The number of anilines is 1. The Kier molecular flexibility index (Phi) is 9.62. The first kappa shape index (κ1) is 30.4. The lowest BCUT2D eigenvalue weighted by Crippen LogP contribution is -2.50. The quantitative estimate of drug-likeness (QED) is 0.112. The highest BCUT2D eigenvalue weighted by atomic mass is 32.2. The summed E-state index contributed by atoms with van der Waals surface area (Å²) < 4.78 is 35.1. The van der Waals surface area contributed by atoms with Crippen molar-refractivity contribution >= 4 is 38.6 Å². The van der Waals surface area contributed by atoms with Crippen molar-refractivity contribution in [1.82, 2.24) is 25.2 Å². The first-order valence-electron chi connectivity index (χ1n) is 14.1. The maximum Gasteiger partial charge on any atom is 0.327 e. The van der Waals surface area contributed by atoms with E-state index < -0.39 is 34.2 Å². The molecule has 3 aromatic carbocycles. The van der Waals surface area contributed by atoms with Gasteiger partial charge >= 0.3 is 5.97 Å². The van der Waals surface area contributed by atoms with Crippen LogP contribution in [0.4, 0.5) is 5.82 Å². The van der Waals surface area contributed by atoms with Gasteiger partial charge < -0.3 is 15.4 Å². The number of pyridine rings is 1. The van der Waals surface area contributed by atoms with Crippen LogP contribution in [-0.2, 0) is 19.6 Å². The van der Waals surface area contributed by atoms with Crippen molar-refractivity contribution in [2.24, 2.45) is 0 Å². The van der Waals surface area contributed by atoms with Crippen molar-refractivity contribution in [3.63, 3.8) is 0 Å². The summed E-state index contributed by atoms with van der Waals surface area (Å²) in [4.78, 5) is 30.7. The first-order chi connectivity index (χ1) is 21.3. The van der Waals surface area contributed by atoms with Gasteiger partial charge in [-0.2, -0.15) is 9.82 Å². The van der Waals surface area contributed by atoms with Crippen molar-refractivity contribution in [3.05, 3.63) is 109 Å². The Morgan fingerprint density at radius 2 is 1.68 bits per heavy atom. The minimum Gasteiger partial charge on any atom is -0.440 e. The zero-order valence-electron chi connectivity index (χ0n) is 23.9. The predicted octanol–water partition coefficient (Wildman–Crippen LogP) is 4.48. The molecule has 0 radical (unpaired) electrons. The molecular weight excluding hydrogens is 580 g/mol. The van der Waals surface area contributed by atoms with Gasteiger partial charge in [-0.3, -0.25) is 14.7 Å². The monoisotopic (exact) mass is 612 g/mol. The van der Waals surface area contributed by atoms with Gasteiger partial charge in [-0.15, -0.1) is 0 Å². The van der Waals surface area contributed by atoms with Gasteiger partial charge in [-0.05, 0) is 47.5 Å². The Labute approximate surface area is 255 Å². The second kappa shape index (κ2) is 13.9. The summed E-state index contributed by atoms with van der Waals surface area (Å²) in [7, 11) is -4.19. The predicted molar refractivity (Wildman–Crippen MR) is 167 cm³/mol. The van der Waals surface area contributed by atoms with Gasteiger partial charge in [0.05, 0.1) is 16.6 Å². The molecule has 2 unspecified atom stereocenters. The van der Waals surface area contributed by atoms with Crippen LogP contribution in [0.25, 0.3) is 22.0 Å². The van der Waals surface area contributed by atoms with E-state index in [0.29, 0.717) is 29.7 Å². The van der Waals surface area contributed by atoms with E-state index in [4.69, 9.17) is 4.74 Å². The lowest BCUT2D eigenvalue weighted by Gasteiger charge is -2.24. The highest BCUT2D eigenvalue weighted by Crippen LogP contribution is 2.21. The number of nitrogens with zero attached hydrogens (tertiary/aromatic N) is 2. The largest absolute Gasteiger partial charge is 0.440 e. The molecule has 0 spiro atoms. The number of rotatable bonds is 13. The van der Waals surface area contributed by atoms with Gasteiger partial charge in [0.2, 0.25) is 10.0 Å². The Morgan fingerprint density at radius 3 is 2.41 bits per heavy atom. The molecule has 44 heavy (non-hydrogen) atoms. The minimum absolute atomic E-state index is 0.0391. The molecule has 0 saturated carbocycles.